The minimum atomic E-state index is -4.55. The molecular weight excluding hydrogens is 369 g/mol. The van der Waals surface area contributed by atoms with E-state index in [1.54, 1.807) is 24.3 Å². The van der Waals surface area contributed by atoms with E-state index >= 15 is 0 Å². The Morgan fingerprint density at radius 2 is 1.69 bits per heavy atom. The van der Waals surface area contributed by atoms with Crippen molar-refractivity contribution in [3.63, 3.8) is 0 Å². The minimum absolute atomic E-state index is 0.165. The van der Waals surface area contributed by atoms with Crippen LogP contribution in [0.3, 0.4) is 0 Å². The van der Waals surface area contributed by atoms with Gasteiger partial charge in [-0.05, 0) is 36.4 Å². The van der Waals surface area contributed by atoms with Crippen molar-refractivity contribution in [3.05, 3.63) is 65.9 Å². The van der Waals surface area contributed by atoms with E-state index in [9.17, 15) is 26.7 Å². The molecule has 2 N–H and O–H groups in total. The fourth-order valence-corrected chi connectivity index (χ4v) is 3.45. The van der Waals surface area contributed by atoms with E-state index < -0.39 is 21.8 Å². The van der Waals surface area contributed by atoms with Crippen LogP contribution in [0.25, 0.3) is 10.9 Å². The fourth-order valence-electron chi connectivity index (χ4n) is 2.38. The van der Waals surface area contributed by atoms with Crippen LogP contribution in [0.1, 0.15) is 11.3 Å². The smallest absolute Gasteiger partial charge is 0.390 e. The lowest BCUT2D eigenvalue weighted by molar-refractivity contribution is -0.137. The number of aliphatic hydroxyl groups is 1. The van der Waals surface area contributed by atoms with Crippen LogP contribution in [0.4, 0.5) is 18.9 Å². The minimum Gasteiger partial charge on any atom is -0.390 e. The molecule has 1 aromatic heterocycles. The molecule has 136 valence electrons. The topological polar surface area (TPSA) is 79.3 Å². The first-order valence-corrected chi connectivity index (χ1v) is 8.88. The number of benzene rings is 2. The molecule has 2 aromatic carbocycles. The molecule has 0 saturated heterocycles. The molecule has 0 fully saturated rings. The number of aromatic nitrogens is 1. The van der Waals surface area contributed by atoms with Crippen molar-refractivity contribution in [2.24, 2.45) is 0 Å². The summed E-state index contributed by atoms with van der Waals surface area (Å²) >= 11 is 0. The van der Waals surface area contributed by atoms with Crippen LogP contribution in [-0.2, 0) is 22.8 Å². The average Bonchev–Trinajstić information content (AvgIpc) is 2.61. The van der Waals surface area contributed by atoms with E-state index in [1.807, 2.05) is 0 Å². The first kappa shape index (κ1) is 18.2. The molecule has 0 aliphatic rings. The molecule has 0 saturated carbocycles. The number of halogens is 3. The van der Waals surface area contributed by atoms with Gasteiger partial charge < -0.3 is 5.11 Å². The first-order valence-electron chi connectivity index (χ1n) is 7.40. The summed E-state index contributed by atoms with van der Waals surface area (Å²) in [7, 11) is -4.11. The normalized spacial score (nSPS) is 12.3. The summed E-state index contributed by atoms with van der Waals surface area (Å²) in [5.74, 6) is 0. The summed E-state index contributed by atoms with van der Waals surface area (Å²) in [5.41, 5.74) is -0.0817. The highest BCUT2D eigenvalue weighted by atomic mass is 32.2. The van der Waals surface area contributed by atoms with E-state index in [2.05, 4.69) is 9.71 Å². The van der Waals surface area contributed by atoms with Gasteiger partial charge in [0.25, 0.3) is 10.0 Å². The molecule has 0 spiro atoms. The van der Waals surface area contributed by atoms with E-state index in [-0.39, 0.29) is 17.2 Å². The molecule has 0 aliphatic heterocycles. The monoisotopic (exact) mass is 382 g/mol. The Hall–Kier alpha value is -2.65. The fraction of sp³-hybridized carbons (Fsp3) is 0.118. The Morgan fingerprint density at radius 1 is 1.00 bits per heavy atom. The van der Waals surface area contributed by atoms with Crippen LogP contribution in [0.5, 0.6) is 0 Å². The average molecular weight is 382 g/mol. The first-order chi connectivity index (χ1) is 12.2. The quantitative estimate of drug-likeness (QED) is 0.723. The second-order valence-electron chi connectivity index (χ2n) is 5.47. The number of pyridine rings is 1. The predicted molar refractivity (Wildman–Crippen MR) is 89.9 cm³/mol. The summed E-state index contributed by atoms with van der Waals surface area (Å²) in [5, 5.41) is 9.85. The van der Waals surface area contributed by atoms with E-state index in [1.165, 1.54) is 6.07 Å². The molecule has 5 nitrogen and oxygen atoms in total. The van der Waals surface area contributed by atoms with Gasteiger partial charge in [-0.3, -0.25) is 4.72 Å². The highest BCUT2D eigenvalue weighted by Gasteiger charge is 2.30. The van der Waals surface area contributed by atoms with Gasteiger partial charge in [0.05, 0.1) is 34.0 Å². The molecule has 0 amide bonds. The molecule has 0 radical (unpaired) electrons. The summed E-state index contributed by atoms with van der Waals surface area (Å²) in [6.45, 7) is -0.310. The molecule has 26 heavy (non-hydrogen) atoms. The third-order valence-corrected chi connectivity index (χ3v) is 5.06. The largest absolute Gasteiger partial charge is 0.416 e. The van der Waals surface area contributed by atoms with Crippen molar-refractivity contribution in [1.82, 2.24) is 4.98 Å². The van der Waals surface area contributed by atoms with Gasteiger partial charge in [-0.1, -0.05) is 18.2 Å². The van der Waals surface area contributed by atoms with Crippen LogP contribution in [0.15, 0.2) is 59.5 Å². The number of anilines is 1. The van der Waals surface area contributed by atoms with E-state index in [0.29, 0.717) is 28.7 Å². The van der Waals surface area contributed by atoms with Gasteiger partial charge in [0.1, 0.15) is 0 Å². The summed E-state index contributed by atoms with van der Waals surface area (Å²) < 4.78 is 65.2. The number of aliphatic hydroxyl groups excluding tert-OH is 1. The van der Waals surface area contributed by atoms with Crippen molar-refractivity contribution in [2.45, 2.75) is 17.7 Å². The van der Waals surface area contributed by atoms with Crippen LogP contribution in [0.2, 0.25) is 0 Å². The lowest BCUT2D eigenvalue weighted by atomic mass is 10.2. The molecule has 0 atom stereocenters. The van der Waals surface area contributed by atoms with Crippen LogP contribution in [-0.4, -0.2) is 18.5 Å². The Kier molecular flexibility index (Phi) is 4.59. The van der Waals surface area contributed by atoms with E-state index in [0.717, 1.165) is 12.1 Å². The maximum atomic E-state index is 12.6. The Morgan fingerprint density at radius 3 is 2.31 bits per heavy atom. The highest BCUT2D eigenvalue weighted by molar-refractivity contribution is 7.92. The van der Waals surface area contributed by atoms with Crippen molar-refractivity contribution in [1.29, 1.82) is 0 Å². The molecule has 3 rings (SSSR count). The molecule has 1 heterocycles. The third kappa shape index (κ3) is 3.63. The molecule has 9 heteroatoms. The number of hydrogen-bond acceptors (Lipinski definition) is 4. The second kappa shape index (κ2) is 6.58. The van der Waals surface area contributed by atoms with Gasteiger partial charge in [-0.2, -0.15) is 13.2 Å². The van der Waals surface area contributed by atoms with Crippen LogP contribution < -0.4 is 4.72 Å². The zero-order valence-corrected chi connectivity index (χ0v) is 14.0. The summed E-state index contributed by atoms with van der Waals surface area (Å²) in [4.78, 5) is 3.89. The van der Waals surface area contributed by atoms with Gasteiger partial charge >= 0.3 is 6.18 Å². The second-order valence-corrected chi connectivity index (χ2v) is 7.15. The van der Waals surface area contributed by atoms with Gasteiger partial charge in [-0.25, -0.2) is 13.4 Å². The standard InChI is InChI=1S/C17H13F3N2O3S/c18-17(19,20)12-5-8-14(9-6-12)26(24,25)22-15-3-1-2-11-4-7-13(10-23)21-16(11)15/h1-9,22-23H,10H2. The molecule has 3 aromatic rings. The van der Waals surface area contributed by atoms with E-state index in [4.69, 9.17) is 0 Å². The van der Waals surface area contributed by atoms with Crippen molar-refractivity contribution in [2.75, 3.05) is 4.72 Å². The highest BCUT2D eigenvalue weighted by Crippen LogP contribution is 2.30. The van der Waals surface area contributed by atoms with Crippen LogP contribution >= 0.6 is 0 Å². The number of nitrogens with one attached hydrogen (secondary N) is 1. The van der Waals surface area contributed by atoms with Crippen molar-refractivity contribution in [3.8, 4) is 0 Å². The number of sulfonamides is 1. The third-order valence-electron chi connectivity index (χ3n) is 3.68. The maximum Gasteiger partial charge on any atom is 0.416 e. The number of hydrogen-bond donors (Lipinski definition) is 2. The predicted octanol–water partition coefficient (Wildman–Crippen LogP) is 3.55. The van der Waals surface area contributed by atoms with Gasteiger partial charge in [0.15, 0.2) is 0 Å². The lowest BCUT2D eigenvalue weighted by Crippen LogP contribution is -2.14. The molecular formula is C17H13F3N2O3S. The Bertz CT molecular complexity index is 1050. The Labute approximate surface area is 147 Å². The lowest BCUT2D eigenvalue weighted by Gasteiger charge is -2.12. The Balaban J connectivity index is 1.98. The summed E-state index contributed by atoms with van der Waals surface area (Å²) in [6.07, 6.45) is -4.55. The SMILES string of the molecule is O=S(=O)(Nc1cccc2ccc(CO)nc12)c1ccc(C(F)(F)F)cc1. The number of fused-ring (bicyclic) bond motifs is 1. The number of para-hydroxylation sites is 1. The zero-order valence-electron chi connectivity index (χ0n) is 13.2. The van der Waals surface area contributed by atoms with Crippen molar-refractivity contribution < 1.29 is 26.7 Å². The summed E-state index contributed by atoms with van der Waals surface area (Å²) in [6, 6.07) is 11.3. The number of rotatable bonds is 4. The molecule has 0 bridgehead atoms. The number of alkyl halides is 3. The molecule has 0 aliphatic carbocycles. The van der Waals surface area contributed by atoms with Gasteiger partial charge in [0, 0.05) is 5.39 Å². The molecule has 0 unspecified atom stereocenters. The maximum absolute atomic E-state index is 12.6. The zero-order chi connectivity index (χ0) is 18.9. The van der Waals surface area contributed by atoms with Gasteiger partial charge in [-0.15, -0.1) is 0 Å². The van der Waals surface area contributed by atoms with Gasteiger partial charge in [0.2, 0.25) is 0 Å². The number of nitrogens with zero attached hydrogens (tertiary/aromatic N) is 1. The van der Waals surface area contributed by atoms with Crippen molar-refractivity contribution >= 4 is 26.6 Å². The van der Waals surface area contributed by atoms with Crippen LogP contribution in [0, 0.1) is 0 Å².